The second-order valence-electron chi connectivity index (χ2n) is 3.35. The van der Waals surface area contributed by atoms with E-state index in [0.717, 1.165) is 31.5 Å². The molecule has 0 spiro atoms. The molecule has 2 aromatic rings. The average molecular weight is 250 g/mol. The van der Waals surface area contributed by atoms with E-state index >= 15 is 0 Å². The highest BCUT2D eigenvalue weighted by Gasteiger charge is 2.19. The highest BCUT2D eigenvalue weighted by atomic mass is 32.2. The van der Waals surface area contributed by atoms with Gasteiger partial charge in [0.05, 0.1) is 9.90 Å². The summed E-state index contributed by atoms with van der Waals surface area (Å²) in [6.45, 7) is 3.88. The Morgan fingerprint density at radius 3 is 2.75 bits per heavy atom. The van der Waals surface area contributed by atoms with Gasteiger partial charge in [0.25, 0.3) is 0 Å². The fourth-order valence-electron chi connectivity index (χ4n) is 1.58. The number of aromatic nitrogens is 1. The van der Waals surface area contributed by atoms with Crippen LogP contribution in [0.1, 0.15) is 16.1 Å². The summed E-state index contributed by atoms with van der Waals surface area (Å²) < 4.78 is 6.10. The first-order valence-electron chi connectivity index (χ1n) is 4.67. The number of rotatable bonds is 2. The van der Waals surface area contributed by atoms with Gasteiger partial charge in [0.2, 0.25) is 0 Å². The molecule has 5 heteroatoms. The molecule has 0 N–H and O–H groups in total. The lowest BCUT2D eigenvalue weighted by molar-refractivity contribution is 0.415. The standard InChI is InChI=1S/C11H10N2OS2/c1-6-9(4-12)16-11(15-3)10(6)8-5-14-13-7(8)2/h5H,1-3H3. The van der Waals surface area contributed by atoms with Crippen LogP contribution in [0.4, 0.5) is 0 Å². The largest absolute Gasteiger partial charge is 0.364 e. The lowest BCUT2D eigenvalue weighted by atomic mass is 10.1. The van der Waals surface area contributed by atoms with Crippen molar-refractivity contribution < 1.29 is 4.52 Å². The molecule has 0 amide bonds. The summed E-state index contributed by atoms with van der Waals surface area (Å²) in [5.74, 6) is 0. The first-order chi connectivity index (χ1) is 7.69. The van der Waals surface area contributed by atoms with Crippen LogP contribution in [-0.2, 0) is 0 Å². The molecule has 2 heterocycles. The van der Waals surface area contributed by atoms with E-state index < -0.39 is 0 Å². The molecule has 3 nitrogen and oxygen atoms in total. The zero-order valence-corrected chi connectivity index (χ0v) is 10.8. The molecule has 0 atom stereocenters. The molecule has 0 saturated heterocycles. The molecule has 0 unspecified atom stereocenters. The van der Waals surface area contributed by atoms with E-state index in [9.17, 15) is 0 Å². The summed E-state index contributed by atoms with van der Waals surface area (Å²) in [5.41, 5.74) is 3.95. The van der Waals surface area contributed by atoms with E-state index in [-0.39, 0.29) is 0 Å². The zero-order valence-electron chi connectivity index (χ0n) is 9.20. The van der Waals surface area contributed by atoms with Crippen molar-refractivity contribution in [2.75, 3.05) is 6.26 Å². The minimum atomic E-state index is 0.764. The molecule has 0 aliphatic carbocycles. The minimum absolute atomic E-state index is 0.764. The first-order valence-corrected chi connectivity index (χ1v) is 6.72. The van der Waals surface area contributed by atoms with Crippen molar-refractivity contribution in [2.45, 2.75) is 18.1 Å². The number of thiophene rings is 1. The fraction of sp³-hybridized carbons (Fsp3) is 0.273. The van der Waals surface area contributed by atoms with Crippen LogP contribution in [-0.4, -0.2) is 11.4 Å². The molecule has 0 aliphatic heterocycles. The molecule has 2 rings (SSSR count). The second-order valence-corrected chi connectivity index (χ2v) is 5.44. The molecule has 0 saturated carbocycles. The lowest BCUT2D eigenvalue weighted by Gasteiger charge is -2.00. The van der Waals surface area contributed by atoms with Gasteiger partial charge in [-0.05, 0) is 25.7 Å². The molecule has 0 radical (unpaired) electrons. The number of nitrogens with zero attached hydrogens (tertiary/aromatic N) is 2. The van der Waals surface area contributed by atoms with Gasteiger partial charge < -0.3 is 4.52 Å². The molecule has 0 bridgehead atoms. The van der Waals surface area contributed by atoms with Gasteiger partial charge in [0, 0.05) is 11.1 Å². The summed E-state index contributed by atoms with van der Waals surface area (Å²) in [7, 11) is 0. The van der Waals surface area contributed by atoms with Crippen LogP contribution < -0.4 is 0 Å². The SMILES string of the molecule is CSc1sc(C#N)c(C)c1-c1conc1C. The third-order valence-electron chi connectivity index (χ3n) is 2.42. The maximum Gasteiger partial charge on any atom is 0.132 e. The van der Waals surface area contributed by atoms with Gasteiger partial charge in [0.1, 0.15) is 17.2 Å². The molecule has 0 aliphatic rings. The van der Waals surface area contributed by atoms with Crippen molar-refractivity contribution >= 4 is 23.1 Å². The fourth-order valence-corrected chi connectivity index (χ4v) is 3.48. The summed E-state index contributed by atoms with van der Waals surface area (Å²) in [6.07, 6.45) is 3.66. The zero-order chi connectivity index (χ0) is 11.7. The molecule has 0 fully saturated rings. The van der Waals surface area contributed by atoms with Crippen LogP contribution in [0.25, 0.3) is 11.1 Å². The average Bonchev–Trinajstić information content (AvgIpc) is 2.82. The van der Waals surface area contributed by atoms with Gasteiger partial charge in [-0.2, -0.15) is 5.26 Å². The van der Waals surface area contributed by atoms with Gasteiger partial charge in [-0.1, -0.05) is 5.16 Å². The van der Waals surface area contributed by atoms with E-state index in [1.807, 2.05) is 20.1 Å². The van der Waals surface area contributed by atoms with Gasteiger partial charge >= 0.3 is 0 Å². The highest BCUT2D eigenvalue weighted by Crippen LogP contribution is 2.42. The predicted octanol–water partition coefficient (Wildman–Crippen LogP) is 3.61. The van der Waals surface area contributed by atoms with E-state index in [1.165, 1.54) is 11.3 Å². The Bertz CT molecular complexity index is 563. The molecular weight excluding hydrogens is 240 g/mol. The molecule has 0 aromatic carbocycles. The number of hydrogen-bond acceptors (Lipinski definition) is 5. The lowest BCUT2D eigenvalue weighted by Crippen LogP contribution is -1.82. The second kappa shape index (κ2) is 4.32. The van der Waals surface area contributed by atoms with Crippen LogP contribution in [0, 0.1) is 25.2 Å². The van der Waals surface area contributed by atoms with Crippen molar-refractivity contribution in [1.82, 2.24) is 5.16 Å². The summed E-state index contributed by atoms with van der Waals surface area (Å²) in [5, 5.41) is 12.9. The van der Waals surface area contributed by atoms with Gasteiger partial charge in [-0.25, -0.2) is 0 Å². The smallest absolute Gasteiger partial charge is 0.132 e. The molecule has 82 valence electrons. The molecule has 2 aromatic heterocycles. The van der Waals surface area contributed by atoms with E-state index in [4.69, 9.17) is 9.78 Å². The Morgan fingerprint density at radius 2 is 2.25 bits per heavy atom. The van der Waals surface area contributed by atoms with Crippen LogP contribution in [0.2, 0.25) is 0 Å². The van der Waals surface area contributed by atoms with E-state index in [2.05, 4.69) is 11.2 Å². The first kappa shape index (κ1) is 11.2. The normalized spacial score (nSPS) is 10.4. The molecule has 16 heavy (non-hydrogen) atoms. The number of thioether (sulfide) groups is 1. The van der Waals surface area contributed by atoms with E-state index in [1.54, 1.807) is 18.0 Å². The van der Waals surface area contributed by atoms with Crippen LogP contribution in [0.15, 0.2) is 15.0 Å². The Kier molecular flexibility index (Phi) is 3.03. The topological polar surface area (TPSA) is 49.8 Å². The Balaban J connectivity index is 2.69. The van der Waals surface area contributed by atoms with E-state index in [0.29, 0.717) is 0 Å². The quantitative estimate of drug-likeness (QED) is 0.764. The Morgan fingerprint density at radius 1 is 1.50 bits per heavy atom. The van der Waals surface area contributed by atoms with Crippen LogP contribution in [0.5, 0.6) is 0 Å². The van der Waals surface area contributed by atoms with Crippen molar-refractivity contribution in [3.05, 3.63) is 22.4 Å². The van der Waals surface area contributed by atoms with Crippen molar-refractivity contribution in [3.63, 3.8) is 0 Å². The predicted molar refractivity (Wildman–Crippen MR) is 65.8 cm³/mol. The third-order valence-corrected chi connectivity index (χ3v) is 4.74. The summed E-state index contributed by atoms with van der Waals surface area (Å²) in [6, 6.07) is 2.23. The number of hydrogen-bond donors (Lipinski definition) is 0. The molecular formula is C11H10N2OS2. The minimum Gasteiger partial charge on any atom is -0.364 e. The summed E-state index contributed by atoms with van der Waals surface area (Å²) >= 11 is 3.18. The Hall–Kier alpha value is -1.25. The maximum absolute atomic E-state index is 9.03. The van der Waals surface area contributed by atoms with Crippen molar-refractivity contribution in [3.8, 4) is 17.2 Å². The van der Waals surface area contributed by atoms with Crippen molar-refractivity contribution in [1.29, 1.82) is 5.26 Å². The number of nitriles is 1. The van der Waals surface area contributed by atoms with Crippen LogP contribution >= 0.6 is 23.1 Å². The Labute approximate surface area is 102 Å². The van der Waals surface area contributed by atoms with Gasteiger partial charge in [0.15, 0.2) is 0 Å². The summed E-state index contributed by atoms with van der Waals surface area (Å²) in [4.78, 5) is 0.764. The van der Waals surface area contributed by atoms with Crippen LogP contribution in [0.3, 0.4) is 0 Å². The third kappa shape index (κ3) is 1.64. The number of aryl methyl sites for hydroxylation is 1. The van der Waals surface area contributed by atoms with Gasteiger partial charge in [-0.3, -0.25) is 0 Å². The highest BCUT2D eigenvalue weighted by molar-refractivity contribution is 8.00. The van der Waals surface area contributed by atoms with Gasteiger partial charge in [-0.15, -0.1) is 23.1 Å². The maximum atomic E-state index is 9.03. The monoisotopic (exact) mass is 250 g/mol. The van der Waals surface area contributed by atoms with Crippen molar-refractivity contribution in [2.24, 2.45) is 0 Å².